The SMILES string of the molecule is c1ccc2c(-c3ccc(-c4ccc(N(c5ccc(-n6c7ccccc7c7ccccc76)cc5)c5ccc(-n6c7ccccc7c7ccccc76)cc5)cc4)cc3)cccc2c1. The Morgan fingerprint density at radius 3 is 1.02 bits per heavy atom. The number of rotatable bonds is 7. The lowest BCUT2D eigenvalue weighted by Crippen LogP contribution is -2.10. The quantitative estimate of drug-likeness (QED) is 0.157. The number of aromatic nitrogens is 2. The molecule has 3 nitrogen and oxygen atoms in total. The molecule has 0 N–H and O–H groups in total. The Bertz CT molecular complexity index is 3290. The molecule has 0 spiro atoms. The molecule has 0 saturated heterocycles. The molecule has 286 valence electrons. The van der Waals surface area contributed by atoms with Crippen LogP contribution < -0.4 is 4.90 Å². The van der Waals surface area contributed by atoms with Crippen LogP contribution >= 0.6 is 0 Å². The number of fused-ring (bicyclic) bond motifs is 7. The minimum Gasteiger partial charge on any atom is -0.311 e. The van der Waals surface area contributed by atoms with E-state index in [1.54, 1.807) is 0 Å². The fourth-order valence-electron chi connectivity index (χ4n) is 9.47. The van der Waals surface area contributed by atoms with Crippen LogP contribution in [-0.4, -0.2) is 9.13 Å². The first kappa shape index (κ1) is 34.9. The molecule has 2 heterocycles. The molecule has 0 radical (unpaired) electrons. The van der Waals surface area contributed by atoms with Gasteiger partial charge in [0.15, 0.2) is 0 Å². The number of hydrogen-bond acceptors (Lipinski definition) is 1. The summed E-state index contributed by atoms with van der Waals surface area (Å²) in [5.74, 6) is 0. The van der Waals surface area contributed by atoms with E-state index >= 15 is 0 Å². The second-order valence-electron chi connectivity index (χ2n) is 15.8. The van der Waals surface area contributed by atoms with Gasteiger partial charge in [0.1, 0.15) is 0 Å². The molecule has 0 aliphatic rings. The van der Waals surface area contributed by atoms with Gasteiger partial charge in [-0.15, -0.1) is 0 Å². The molecular formula is C58H39N3. The molecule has 10 aromatic carbocycles. The van der Waals surface area contributed by atoms with Crippen LogP contribution in [0.2, 0.25) is 0 Å². The van der Waals surface area contributed by atoms with Crippen molar-refractivity contribution >= 4 is 71.4 Å². The third kappa shape index (κ3) is 5.82. The summed E-state index contributed by atoms with van der Waals surface area (Å²) in [6.07, 6.45) is 0. The third-order valence-corrected chi connectivity index (χ3v) is 12.3. The molecule has 0 saturated carbocycles. The predicted molar refractivity (Wildman–Crippen MR) is 258 cm³/mol. The molecule has 61 heavy (non-hydrogen) atoms. The van der Waals surface area contributed by atoms with E-state index in [4.69, 9.17) is 0 Å². The van der Waals surface area contributed by atoms with Gasteiger partial charge in [0, 0.05) is 50.0 Å². The molecular weight excluding hydrogens is 739 g/mol. The number of benzene rings is 10. The number of hydrogen-bond donors (Lipinski definition) is 0. The Hall–Kier alpha value is -8.14. The molecule has 0 unspecified atom stereocenters. The van der Waals surface area contributed by atoms with E-state index in [1.807, 2.05) is 0 Å². The van der Waals surface area contributed by atoms with E-state index in [9.17, 15) is 0 Å². The van der Waals surface area contributed by atoms with Gasteiger partial charge in [-0.2, -0.15) is 0 Å². The number of para-hydroxylation sites is 4. The normalized spacial score (nSPS) is 11.6. The van der Waals surface area contributed by atoms with Crippen molar-refractivity contribution in [3.05, 3.63) is 237 Å². The zero-order valence-electron chi connectivity index (χ0n) is 33.4. The van der Waals surface area contributed by atoms with Gasteiger partial charge in [-0.1, -0.05) is 152 Å². The van der Waals surface area contributed by atoms with Crippen LogP contribution in [0.25, 0.3) is 88.0 Å². The molecule has 0 fully saturated rings. The average molecular weight is 778 g/mol. The second-order valence-corrected chi connectivity index (χ2v) is 15.8. The first-order chi connectivity index (χ1) is 30.3. The van der Waals surface area contributed by atoms with Crippen molar-refractivity contribution in [1.82, 2.24) is 9.13 Å². The highest BCUT2D eigenvalue weighted by Crippen LogP contribution is 2.40. The summed E-state index contributed by atoms with van der Waals surface area (Å²) in [7, 11) is 0. The summed E-state index contributed by atoms with van der Waals surface area (Å²) in [6, 6.07) is 85.8. The summed E-state index contributed by atoms with van der Waals surface area (Å²) in [6.45, 7) is 0. The third-order valence-electron chi connectivity index (χ3n) is 12.3. The molecule has 3 heteroatoms. The number of nitrogens with zero attached hydrogens (tertiary/aromatic N) is 3. The van der Waals surface area contributed by atoms with Gasteiger partial charge in [0.05, 0.1) is 22.1 Å². The van der Waals surface area contributed by atoms with Crippen LogP contribution in [0.5, 0.6) is 0 Å². The topological polar surface area (TPSA) is 13.1 Å². The molecule has 12 aromatic rings. The van der Waals surface area contributed by atoms with Gasteiger partial charge in [0.25, 0.3) is 0 Å². The maximum absolute atomic E-state index is 2.37. The van der Waals surface area contributed by atoms with Crippen molar-refractivity contribution in [1.29, 1.82) is 0 Å². The van der Waals surface area contributed by atoms with E-state index in [-0.39, 0.29) is 0 Å². The summed E-state index contributed by atoms with van der Waals surface area (Å²) < 4.78 is 4.75. The molecule has 0 amide bonds. The van der Waals surface area contributed by atoms with Crippen molar-refractivity contribution in [2.75, 3.05) is 4.90 Å². The summed E-state index contributed by atoms with van der Waals surface area (Å²) >= 11 is 0. The smallest absolute Gasteiger partial charge is 0.0541 e. The Morgan fingerprint density at radius 1 is 0.246 bits per heavy atom. The van der Waals surface area contributed by atoms with Gasteiger partial charge in [0.2, 0.25) is 0 Å². The molecule has 0 aliphatic carbocycles. The van der Waals surface area contributed by atoms with E-state index in [0.717, 1.165) is 28.4 Å². The second kappa shape index (κ2) is 14.3. The van der Waals surface area contributed by atoms with Crippen LogP contribution in [0.3, 0.4) is 0 Å². The largest absolute Gasteiger partial charge is 0.311 e. The average Bonchev–Trinajstić information content (AvgIpc) is 3.85. The lowest BCUT2D eigenvalue weighted by molar-refractivity contribution is 1.17. The highest BCUT2D eigenvalue weighted by Gasteiger charge is 2.17. The minimum absolute atomic E-state index is 1.08. The van der Waals surface area contributed by atoms with Gasteiger partial charge in [-0.3, -0.25) is 0 Å². The Balaban J connectivity index is 0.935. The van der Waals surface area contributed by atoms with Crippen LogP contribution in [0.1, 0.15) is 0 Å². The van der Waals surface area contributed by atoms with Gasteiger partial charge >= 0.3 is 0 Å². The van der Waals surface area contributed by atoms with Crippen molar-refractivity contribution in [2.24, 2.45) is 0 Å². The van der Waals surface area contributed by atoms with Crippen LogP contribution in [0, 0.1) is 0 Å². The summed E-state index contributed by atoms with van der Waals surface area (Å²) in [4.78, 5) is 2.36. The Morgan fingerprint density at radius 2 is 0.574 bits per heavy atom. The van der Waals surface area contributed by atoms with Gasteiger partial charge < -0.3 is 14.0 Å². The van der Waals surface area contributed by atoms with Crippen molar-refractivity contribution < 1.29 is 0 Å². The van der Waals surface area contributed by atoms with Gasteiger partial charge in [-0.05, 0) is 118 Å². The monoisotopic (exact) mass is 777 g/mol. The van der Waals surface area contributed by atoms with E-state index in [0.29, 0.717) is 0 Å². The van der Waals surface area contributed by atoms with Crippen molar-refractivity contribution in [3.63, 3.8) is 0 Å². The Labute approximate surface area is 354 Å². The van der Waals surface area contributed by atoms with Gasteiger partial charge in [-0.25, -0.2) is 0 Å². The molecule has 0 bridgehead atoms. The predicted octanol–water partition coefficient (Wildman–Crippen LogP) is 15.8. The van der Waals surface area contributed by atoms with E-state index in [1.165, 1.54) is 76.6 Å². The van der Waals surface area contributed by atoms with Crippen molar-refractivity contribution in [2.45, 2.75) is 0 Å². The Kier molecular flexibility index (Phi) is 8.17. The number of anilines is 3. The molecule has 0 aliphatic heterocycles. The van der Waals surface area contributed by atoms with E-state index in [2.05, 4.69) is 251 Å². The molecule has 12 rings (SSSR count). The first-order valence-corrected chi connectivity index (χ1v) is 20.9. The first-order valence-electron chi connectivity index (χ1n) is 20.9. The summed E-state index contributed by atoms with van der Waals surface area (Å²) in [5.41, 5.74) is 15.2. The molecule has 0 atom stereocenters. The maximum atomic E-state index is 2.37. The van der Waals surface area contributed by atoms with Crippen LogP contribution in [-0.2, 0) is 0 Å². The zero-order valence-corrected chi connectivity index (χ0v) is 33.4. The lowest BCUT2D eigenvalue weighted by Gasteiger charge is -2.26. The van der Waals surface area contributed by atoms with E-state index < -0.39 is 0 Å². The molecule has 2 aromatic heterocycles. The lowest BCUT2D eigenvalue weighted by atomic mass is 9.96. The highest BCUT2D eigenvalue weighted by molar-refractivity contribution is 6.10. The summed E-state index contributed by atoms with van der Waals surface area (Å²) in [5, 5.41) is 7.57. The van der Waals surface area contributed by atoms with Crippen LogP contribution in [0.15, 0.2) is 237 Å². The standard InChI is InChI=1S/C58H39N3/c1-2-14-49-42(12-1)13-11-19-50(49)43-26-24-40(25-27-43)41-28-30-44(31-29-41)59(45-32-36-47(37-33-45)60-55-20-7-3-15-51(55)52-16-4-8-21-56(52)60)46-34-38-48(39-35-46)61-57-22-9-5-17-53(57)54-18-6-10-23-58(54)61/h1-39H. The highest BCUT2D eigenvalue weighted by atomic mass is 15.1. The van der Waals surface area contributed by atoms with Crippen LogP contribution in [0.4, 0.5) is 17.1 Å². The minimum atomic E-state index is 1.08. The zero-order chi connectivity index (χ0) is 40.3. The fraction of sp³-hybridized carbons (Fsp3) is 0. The maximum Gasteiger partial charge on any atom is 0.0541 e. The van der Waals surface area contributed by atoms with Crippen molar-refractivity contribution in [3.8, 4) is 33.6 Å². The fourth-order valence-corrected chi connectivity index (χ4v) is 9.47.